The van der Waals surface area contributed by atoms with Gasteiger partial charge in [0.15, 0.2) is 0 Å². The van der Waals surface area contributed by atoms with Gasteiger partial charge in [-0.2, -0.15) is 0 Å². The van der Waals surface area contributed by atoms with Gasteiger partial charge < -0.3 is 5.32 Å². The molecule has 10 heavy (non-hydrogen) atoms. The Bertz CT molecular complexity index is 115. The van der Waals surface area contributed by atoms with Crippen LogP contribution in [0.2, 0.25) is 0 Å². The highest BCUT2D eigenvalue weighted by Gasteiger charge is 2.23. The van der Waals surface area contributed by atoms with Crippen LogP contribution in [0.3, 0.4) is 0 Å². The summed E-state index contributed by atoms with van der Waals surface area (Å²) in [5.41, 5.74) is 0. The average molecular weight is 164 g/mol. The van der Waals surface area contributed by atoms with Crippen molar-refractivity contribution < 1.29 is 4.79 Å². The molecule has 0 aliphatic carbocycles. The standard InChI is InChI=1S/C7H13NO.ClH/c1-5-3-8-4-6(2)7(5)9;/h5-6,8H,3-4H2,1-2H3;1H/t5-,6-;/m1./s1. The van der Waals surface area contributed by atoms with Gasteiger partial charge in [0.25, 0.3) is 0 Å². The Morgan fingerprint density at radius 1 is 1.30 bits per heavy atom. The number of hydrogen-bond donors (Lipinski definition) is 1. The van der Waals surface area contributed by atoms with Crippen molar-refractivity contribution in [2.45, 2.75) is 13.8 Å². The van der Waals surface area contributed by atoms with E-state index in [1.165, 1.54) is 0 Å². The molecule has 3 heteroatoms. The van der Waals surface area contributed by atoms with Crippen LogP contribution in [0.1, 0.15) is 13.8 Å². The SMILES string of the molecule is C[C@@H]1CNC[C@@H](C)C1=O.Cl. The molecule has 2 nitrogen and oxygen atoms in total. The fourth-order valence-electron chi connectivity index (χ4n) is 1.20. The van der Waals surface area contributed by atoms with Crippen LogP contribution in [-0.4, -0.2) is 18.9 Å². The number of nitrogens with one attached hydrogen (secondary N) is 1. The lowest BCUT2D eigenvalue weighted by Gasteiger charge is -2.22. The first-order valence-electron chi connectivity index (χ1n) is 3.46. The van der Waals surface area contributed by atoms with E-state index in [1.807, 2.05) is 13.8 Å². The van der Waals surface area contributed by atoms with E-state index in [1.54, 1.807) is 0 Å². The maximum absolute atomic E-state index is 11.1. The van der Waals surface area contributed by atoms with E-state index in [-0.39, 0.29) is 24.2 Å². The highest BCUT2D eigenvalue weighted by atomic mass is 35.5. The monoisotopic (exact) mass is 163 g/mol. The van der Waals surface area contributed by atoms with E-state index in [9.17, 15) is 4.79 Å². The molecule has 1 heterocycles. The third kappa shape index (κ3) is 1.96. The van der Waals surface area contributed by atoms with Crippen molar-refractivity contribution in [2.75, 3.05) is 13.1 Å². The van der Waals surface area contributed by atoms with Crippen molar-refractivity contribution in [2.24, 2.45) is 11.8 Å². The number of carbonyl (C=O) groups is 1. The van der Waals surface area contributed by atoms with Crippen LogP contribution < -0.4 is 5.32 Å². The summed E-state index contributed by atoms with van der Waals surface area (Å²) in [7, 11) is 0. The Balaban J connectivity index is 0.000000810. The zero-order valence-corrected chi connectivity index (χ0v) is 7.20. The van der Waals surface area contributed by atoms with Crippen LogP contribution >= 0.6 is 12.4 Å². The lowest BCUT2D eigenvalue weighted by atomic mass is 9.92. The predicted molar refractivity (Wildman–Crippen MR) is 43.5 cm³/mol. The summed E-state index contributed by atoms with van der Waals surface area (Å²) in [6, 6.07) is 0. The Hall–Kier alpha value is -0.0800. The summed E-state index contributed by atoms with van der Waals surface area (Å²) in [4.78, 5) is 11.1. The van der Waals surface area contributed by atoms with Gasteiger partial charge in [-0.05, 0) is 0 Å². The van der Waals surface area contributed by atoms with Crippen LogP contribution in [0.15, 0.2) is 0 Å². The molecular weight excluding hydrogens is 150 g/mol. The molecule has 1 N–H and O–H groups in total. The highest BCUT2D eigenvalue weighted by Crippen LogP contribution is 2.09. The maximum atomic E-state index is 11.1. The minimum absolute atomic E-state index is 0. The Kier molecular flexibility index (Phi) is 3.91. The van der Waals surface area contributed by atoms with Crippen LogP contribution in [0, 0.1) is 11.8 Å². The molecule has 60 valence electrons. The molecule has 0 saturated carbocycles. The minimum atomic E-state index is 0. The third-order valence-electron chi connectivity index (χ3n) is 1.87. The molecule has 0 radical (unpaired) electrons. The van der Waals surface area contributed by atoms with Gasteiger partial charge in [0.1, 0.15) is 5.78 Å². The van der Waals surface area contributed by atoms with Crippen molar-refractivity contribution in [3.05, 3.63) is 0 Å². The number of ketones is 1. The summed E-state index contributed by atoms with van der Waals surface area (Å²) in [5, 5.41) is 3.19. The number of Topliss-reactive ketones (excluding diaryl/α,β-unsaturated/α-hetero) is 1. The summed E-state index contributed by atoms with van der Waals surface area (Å²) >= 11 is 0. The molecule has 0 aromatic carbocycles. The summed E-state index contributed by atoms with van der Waals surface area (Å²) in [6.07, 6.45) is 0. The van der Waals surface area contributed by atoms with E-state index < -0.39 is 0 Å². The second kappa shape index (κ2) is 3.94. The van der Waals surface area contributed by atoms with E-state index in [0.29, 0.717) is 5.78 Å². The Morgan fingerprint density at radius 2 is 1.70 bits per heavy atom. The van der Waals surface area contributed by atoms with Crippen LogP contribution in [-0.2, 0) is 4.79 Å². The molecule has 1 aliphatic heterocycles. The molecule has 0 aromatic rings. The summed E-state index contributed by atoms with van der Waals surface area (Å²) in [6.45, 7) is 5.68. The fraction of sp³-hybridized carbons (Fsp3) is 0.857. The number of rotatable bonds is 0. The molecular formula is C7H14ClNO. The molecule has 0 aromatic heterocycles. The fourth-order valence-corrected chi connectivity index (χ4v) is 1.20. The van der Waals surface area contributed by atoms with Gasteiger partial charge in [0.2, 0.25) is 0 Å². The lowest BCUT2D eigenvalue weighted by Crippen LogP contribution is -2.41. The van der Waals surface area contributed by atoms with Crippen LogP contribution in [0.25, 0.3) is 0 Å². The molecule has 1 saturated heterocycles. The lowest BCUT2D eigenvalue weighted by molar-refractivity contribution is -0.127. The van der Waals surface area contributed by atoms with Crippen molar-refractivity contribution in [3.63, 3.8) is 0 Å². The average Bonchev–Trinajstić information content (AvgIpc) is 1.83. The summed E-state index contributed by atoms with van der Waals surface area (Å²) < 4.78 is 0. The first-order valence-corrected chi connectivity index (χ1v) is 3.46. The number of hydrogen-bond acceptors (Lipinski definition) is 2. The van der Waals surface area contributed by atoms with Gasteiger partial charge in [-0.25, -0.2) is 0 Å². The maximum Gasteiger partial charge on any atom is 0.141 e. The number of carbonyl (C=O) groups excluding carboxylic acids is 1. The molecule has 2 atom stereocenters. The zero-order valence-electron chi connectivity index (χ0n) is 6.39. The first kappa shape index (κ1) is 9.92. The molecule has 1 rings (SSSR count). The minimum Gasteiger partial charge on any atom is -0.315 e. The van der Waals surface area contributed by atoms with Gasteiger partial charge in [0.05, 0.1) is 0 Å². The zero-order chi connectivity index (χ0) is 6.85. The predicted octanol–water partition coefficient (Wildman–Crippen LogP) is 0.853. The first-order chi connectivity index (χ1) is 4.22. The quantitative estimate of drug-likeness (QED) is 0.574. The third-order valence-corrected chi connectivity index (χ3v) is 1.87. The number of piperidine rings is 1. The van der Waals surface area contributed by atoms with Gasteiger partial charge >= 0.3 is 0 Å². The normalized spacial score (nSPS) is 33.2. The second-order valence-electron chi connectivity index (χ2n) is 2.86. The van der Waals surface area contributed by atoms with E-state index in [2.05, 4.69) is 5.32 Å². The topological polar surface area (TPSA) is 29.1 Å². The Labute approximate surface area is 67.8 Å². The van der Waals surface area contributed by atoms with Crippen molar-refractivity contribution in [1.82, 2.24) is 5.32 Å². The largest absolute Gasteiger partial charge is 0.315 e. The van der Waals surface area contributed by atoms with Gasteiger partial charge in [-0.1, -0.05) is 13.8 Å². The Morgan fingerprint density at radius 3 is 2.00 bits per heavy atom. The molecule has 1 aliphatic rings. The van der Waals surface area contributed by atoms with E-state index in [0.717, 1.165) is 13.1 Å². The van der Waals surface area contributed by atoms with Gasteiger partial charge in [0, 0.05) is 24.9 Å². The molecule has 0 bridgehead atoms. The molecule has 0 amide bonds. The molecule has 0 spiro atoms. The van der Waals surface area contributed by atoms with Crippen molar-refractivity contribution >= 4 is 18.2 Å². The van der Waals surface area contributed by atoms with Crippen molar-refractivity contribution in [1.29, 1.82) is 0 Å². The highest BCUT2D eigenvalue weighted by molar-refractivity contribution is 5.85. The molecule has 0 unspecified atom stereocenters. The summed E-state index contributed by atoms with van der Waals surface area (Å²) in [5.74, 6) is 0.872. The van der Waals surface area contributed by atoms with E-state index in [4.69, 9.17) is 0 Å². The van der Waals surface area contributed by atoms with Gasteiger partial charge in [-0.15, -0.1) is 12.4 Å². The van der Waals surface area contributed by atoms with Crippen LogP contribution in [0.4, 0.5) is 0 Å². The second-order valence-corrected chi connectivity index (χ2v) is 2.86. The van der Waals surface area contributed by atoms with Crippen LogP contribution in [0.5, 0.6) is 0 Å². The van der Waals surface area contributed by atoms with E-state index >= 15 is 0 Å². The smallest absolute Gasteiger partial charge is 0.141 e. The number of halogens is 1. The van der Waals surface area contributed by atoms with Crippen molar-refractivity contribution in [3.8, 4) is 0 Å². The van der Waals surface area contributed by atoms with Gasteiger partial charge in [-0.3, -0.25) is 4.79 Å². The molecule has 1 fully saturated rings.